The number of carbonyl (C=O) groups excluding carboxylic acids is 2. The van der Waals surface area contributed by atoms with Crippen LogP contribution >= 0.6 is 0 Å². The van der Waals surface area contributed by atoms with Gasteiger partial charge in [0, 0.05) is 19.3 Å². The standard InChI is InChI=1S/C25H27N5O4/c1-17-13-18(2)15-19(14-17)30(23(31)16-29-21-8-5-4-7-20(21)27-28-29)24(22-9-6-11-34-22)25(32)26-10-12-33-3/h4-9,11,13-15,24H,10,12,16H2,1-3H3,(H,26,32). The zero-order chi connectivity index (χ0) is 24.1. The lowest BCUT2D eigenvalue weighted by Gasteiger charge is -2.30. The van der Waals surface area contributed by atoms with Gasteiger partial charge in [0.05, 0.1) is 18.4 Å². The summed E-state index contributed by atoms with van der Waals surface area (Å²) in [5, 5.41) is 11.1. The Morgan fingerprint density at radius 3 is 2.59 bits per heavy atom. The molecule has 1 atom stereocenters. The highest BCUT2D eigenvalue weighted by Gasteiger charge is 2.35. The topological polar surface area (TPSA) is 102 Å². The van der Waals surface area contributed by atoms with E-state index >= 15 is 0 Å². The predicted octanol–water partition coefficient (Wildman–Crippen LogP) is 3.18. The Bertz CT molecular complexity index is 1260. The van der Waals surface area contributed by atoms with Crippen LogP contribution in [-0.4, -0.2) is 47.1 Å². The molecule has 34 heavy (non-hydrogen) atoms. The lowest BCUT2D eigenvalue weighted by Crippen LogP contribution is -2.45. The van der Waals surface area contributed by atoms with E-state index in [9.17, 15) is 9.59 Å². The molecule has 9 heteroatoms. The van der Waals surface area contributed by atoms with Gasteiger partial charge < -0.3 is 14.5 Å². The van der Waals surface area contributed by atoms with Crippen LogP contribution in [0.25, 0.3) is 11.0 Å². The van der Waals surface area contributed by atoms with Crippen LogP contribution in [0.1, 0.15) is 22.9 Å². The van der Waals surface area contributed by atoms with E-state index in [0.29, 0.717) is 30.1 Å². The van der Waals surface area contributed by atoms with E-state index in [0.717, 1.165) is 16.6 Å². The van der Waals surface area contributed by atoms with Crippen molar-refractivity contribution < 1.29 is 18.7 Å². The van der Waals surface area contributed by atoms with Crippen molar-refractivity contribution in [3.63, 3.8) is 0 Å². The first-order valence-corrected chi connectivity index (χ1v) is 11.0. The minimum atomic E-state index is -1.02. The summed E-state index contributed by atoms with van der Waals surface area (Å²) in [4.78, 5) is 28.7. The van der Waals surface area contributed by atoms with Crippen molar-refractivity contribution in [2.75, 3.05) is 25.2 Å². The zero-order valence-corrected chi connectivity index (χ0v) is 19.4. The number of aryl methyl sites for hydroxylation is 2. The SMILES string of the molecule is COCCNC(=O)C(c1ccco1)N(C(=O)Cn1nnc2ccccc21)c1cc(C)cc(C)c1. The number of hydrogen-bond acceptors (Lipinski definition) is 6. The second kappa shape index (κ2) is 10.3. The van der Waals surface area contributed by atoms with Crippen LogP contribution in [0, 0.1) is 13.8 Å². The lowest BCUT2D eigenvalue weighted by molar-refractivity contribution is -0.127. The van der Waals surface area contributed by atoms with Crippen LogP contribution in [-0.2, 0) is 20.9 Å². The Labute approximate surface area is 197 Å². The van der Waals surface area contributed by atoms with E-state index in [-0.39, 0.29) is 18.4 Å². The van der Waals surface area contributed by atoms with Crippen molar-refractivity contribution >= 4 is 28.5 Å². The van der Waals surface area contributed by atoms with Gasteiger partial charge in [0.25, 0.3) is 5.91 Å². The van der Waals surface area contributed by atoms with Crippen molar-refractivity contribution in [1.82, 2.24) is 20.3 Å². The molecule has 2 amide bonds. The number of hydrogen-bond donors (Lipinski definition) is 1. The van der Waals surface area contributed by atoms with Crippen LogP contribution in [0.4, 0.5) is 5.69 Å². The van der Waals surface area contributed by atoms with Crippen molar-refractivity contribution in [3.05, 3.63) is 77.7 Å². The van der Waals surface area contributed by atoms with Crippen LogP contribution in [0.3, 0.4) is 0 Å². The maximum atomic E-state index is 13.8. The fraction of sp³-hybridized carbons (Fsp3) is 0.280. The monoisotopic (exact) mass is 461 g/mol. The van der Waals surface area contributed by atoms with Gasteiger partial charge in [0.15, 0.2) is 6.04 Å². The number of amides is 2. The number of methoxy groups -OCH3 is 1. The molecule has 4 aromatic rings. The Balaban J connectivity index is 1.77. The Kier molecular flexibility index (Phi) is 7.03. The number of aromatic nitrogens is 3. The molecule has 1 N–H and O–H groups in total. The molecule has 0 aliphatic carbocycles. The highest BCUT2D eigenvalue weighted by Crippen LogP contribution is 2.30. The van der Waals surface area contributed by atoms with Crippen molar-refractivity contribution in [2.45, 2.75) is 26.4 Å². The molecule has 2 heterocycles. The summed E-state index contributed by atoms with van der Waals surface area (Å²) in [7, 11) is 1.56. The molecule has 0 fully saturated rings. The zero-order valence-electron chi connectivity index (χ0n) is 19.4. The van der Waals surface area contributed by atoms with Gasteiger partial charge in [-0.3, -0.25) is 14.5 Å². The molecule has 9 nitrogen and oxygen atoms in total. The van der Waals surface area contributed by atoms with E-state index < -0.39 is 6.04 Å². The molecule has 176 valence electrons. The summed E-state index contributed by atoms with van der Waals surface area (Å²) < 4.78 is 12.2. The second-order valence-corrected chi connectivity index (χ2v) is 8.05. The van der Waals surface area contributed by atoms with Crippen molar-refractivity contribution in [2.24, 2.45) is 0 Å². The number of nitrogens with one attached hydrogen (secondary N) is 1. The molecule has 4 rings (SSSR count). The van der Waals surface area contributed by atoms with Gasteiger partial charge in [0.1, 0.15) is 17.8 Å². The van der Waals surface area contributed by atoms with Gasteiger partial charge in [-0.1, -0.05) is 23.4 Å². The highest BCUT2D eigenvalue weighted by molar-refractivity contribution is 6.01. The first kappa shape index (κ1) is 23.2. The molecule has 2 aromatic carbocycles. The smallest absolute Gasteiger partial charge is 0.251 e. The quantitative estimate of drug-likeness (QED) is 0.384. The third-order valence-corrected chi connectivity index (χ3v) is 5.38. The van der Waals surface area contributed by atoms with Gasteiger partial charge >= 0.3 is 0 Å². The molecule has 0 radical (unpaired) electrons. The van der Waals surface area contributed by atoms with E-state index in [2.05, 4.69) is 15.6 Å². The fourth-order valence-electron chi connectivity index (χ4n) is 3.96. The summed E-state index contributed by atoms with van der Waals surface area (Å²) in [6, 6.07) is 15.5. The average Bonchev–Trinajstić information content (AvgIpc) is 3.47. The summed E-state index contributed by atoms with van der Waals surface area (Å²) in [6.45, 7) is 4.44. The Morgan fingerprint density at radius 2 is 1.88 bits per heavy atom. The third-order valence-electron chi connectivity index (χ3n) is 5.38. The summed E-state index contributed by atoms with van der Waals surface area (Å²) >= 11 is 0. The minimum absolute atomic E-state index is 0.101. The number of benzene rings is 2. The van der Waals surface area contributed by atoms with E-state index in [1.165, 1.54) is 15.8 Å². The van der Waals surface area contributed by atoms with E-state index in [1.807, 2.05) is 56.3 Å². The van der Waals surface area contributed by atoms with E-state index in [1.54, 1.807) is 19.2 Å². The van der Waals surface area contributed by atoms with Crippen molar-refractivity contribution in [3.8, 4) is 0 Å². The molecule has 0 aliphatic rings. The molecule has 0 spiro atoms. The molecule has 0 saturated heterocycles. The largest absolute Gasteiger partial charge is 0.467 e. The summed E-state index contributed by atoms with van der Waals surface area (Å²) in [6.07, 6.45) is 1.49. The predicted molar refractivity (Wildman–Crippen MR) is 127 cm³/mol. The maximum Gasteiger partial charge on any atom is 0.251 e. The number of ether oxygens (including phenoxy) is 1. The molecule has 2 aromatic heterocycles. The minimum Gasteiger partial charge on any atom is -0.467 e. The van der Waals surface area contributed by atoms with Gasteiger partial charge in [-0.2, -0.15) is 0 Å². The Morgan fingerprint density at radius 1 is 1.12 bits per heavy atom. The average molecular weight is 462 g/mol. The van der Waals surface area contributed by atoms with Gasteiger partial charge in [-0.25, -0.2) is 4.68 Å². The van der Waals surface area contributed by atoms with Crippen LogP contribution in [0.2, 0.25) is 0 Å². The van der Waals surface area contributed by atoms with E-state index in [4.69, 9.17) is 9.15 Å². The number of rotatable bonds is 9. The number of fused-ring (bicyclic) bond motifs is 1. The molecular formula is C25H27N5O4. The molecule has 1 unspecified atom stereocenters. The third kappa shape index (κ3) is 4.99. The number of anilines is 1. The number of carbonyl (C=O) groups is 2. The molecule has 0 aliphatic heterocycles. The van der Waals surface area contributed by atoms with Gasteiger partial charge in [-0.05, 0) is 61.4 Å². The lowest BCUT2D eigenvalue weighted by atomic mass is 10.1. The number of nitrogens with zero attached hydrogens (tertiary/aromatic N) is 4. The first-order chi connectivity index (χ1) is 16.5. The summed E-state index contributed by atoms with van der Waals surface area (Å²) in [5.41, 5.74) is 3.95. The molecule has 0 bridgehead atoms. The maximum absolute atomic E-state index is 13.8. The fourth-order valence-corrected chi connectivity index (χ4v) is 3.96. The van der Waals surface area contributed by atoms with Crippen LogP contribution in [0.5, 0.6) is 0 Å². The number of para-hydroxylation sites is 1. The van der Waals surface area contributed by atoms with Crippen LogP contribution < -0.4 is 10.2 Å². The summed E-state index contributed by atoms with van der Waals surface area (Å²) in [5.74, 6) is -0.349. The second-order valence-electron chi connectivity index (χ2n) is 8.05. The molecular weight excluding hydrogens is 434 g/mol. The number of furan rings is 1. The van der Waals surface area contributed by atoms with Crippen LogP contribution in [0.15, 0.2) is 65.3 Å². The molecule has 0 saturated carbocycles. The normalized spacial score (nSPS) is 12.0. The van der Waals surface area contributed by atoms with Gasteiger partial charge in [-0.15, -0.1) is 5.10 Å². The first-order valence-electron chi connectivity index (χ1n) is 11.0. The Hall–Kier alpha value is -3.98. The highest BCUT2D eigenvalue weighted by atomic mass is 16.5. The van der Waals surface area contributed by atoms with Gasteiger partial charge in [0.2, 0.25) is 5.91 Å². The van der Waals surface area contributed by atoms with Crippen molar-refractivity contribution in [1.29, 1.82) is 0 Å².